The van der Waals surface area contributed by atoms with E-state index in [1.807, 2.05) is 12.3 Å². The van der Waals surface area contributed by atoms with Crippen LogP contribution in [0.5, 0.6) is 0 Å². The molecule has 1 saturated carbocycles. The molecule has 0 radical (unpaired) electrons. The Hall–Kier alpha value is -1.15. The van der Waals surface area contributed by atoms with Crippen LogP contribution in [0.3, 0.4) is 0 Å². The van der Waals surface area contributed by atoms with Crippen molar-refractivity contribution >= 4 is 22.5 Å². The van der Waals surface area contributed by atoms with Crippen molar-refractivity contribution in [3.05, 3.63) is 35.2 Å². The number of para-hydroxylation sites is 1. The van der Waals surface area contributed by atoms with Gasteiger partial charge in [-0.2, -0.15) is 0 Å². The molecule has 0 amide bonds. The first-order chi connectivity index (χ1) is 7.84. The van der Waals surface area contributed by atoms with E-state index in [9.17, 15) is 0 Å². The first-order valence-electron chi connectivity index (χ1n) is 5.76. The lowest BCUT2D eigenvalue weighted by Gasteiger charge is -2.11. The molecule has 0 aliphatic heterocycles. The topological polar surface area (TPSA) is 25.8 Å². The minimum Gasteiger partial charge on any atom is -0.226 e. The molecule has 16 heavy (non-hydrogen) atoms. The molecule has 0 unspecified atom stereocenters. The number of halogens is 1. The van der Waals surface area contributed by atoms with Gasteiger partial charge in [-0.3, -0.25) is 0 Å². The number of benzene rings is 1. The highest BCUT2D eigenvalue weighted by molar-refractivity contribution is 6.28. The van der Waals surface area contributed by atoms with E-state index in [0.717, 1.165) is 10.9 Å². The Morgan fingerprint density at radius 2 is 2.00 bits per heavy atom. The third kappa shape index (κ3) is 1.67. The summed E-state index contributed by atoms with van der Waals surface area (Å²) in [6.07, 6.45) is 7.03. The van der Waals surface area contributed by atoms with Crippen molar-refractivity contribution in [3.63, 3.8) is 0 Å². The van der Waals surface area contributed by atoms with Gasteiger partial charge in [0, 0.05) is 11.6 Å². The zero-order chi connectivity index (χ0) is 11.0. The Morgan fingerprint density at radius 1 is 1.19 bits per heavy atom. The van der Waals surface area contributed by atoms with Gasteiger partial charge < -0.3 is 0 Å². The van der Waals surface area contributed by atoms with Crippen LogP contribution in [0.2, 0.25) is 5.28 Å². The van der Waals surface area contributed by atoms with Gasteiger partial charge in [-0.1, -0.05) is 31.0 Å². The average Bonchev–Trinajstić information content (AvgIpc) is 2.81. The van der Waals surface area contributed by atoms with E-state index in [4.69, 9.17) is 11.6 Å². The smallest absolute Gasteiger partial charge is 0.222 e. The van der Waals surface area contributed by atoms with Gasteiger partial charge in [-0.15, -0.1) is 0 Å². The summed E-state index contributed by atoms with van der Waals surface area (Å²) < 4.78 is 0. The van der Waals surface area contributed by atoms with Gasteiger partial charge in [0.05, 0.1) is 5.52 Å². The Kier molecular flexibility index (Phi) is 2.52. The summed E-state index contributed by atoms with van der Waals surface area (Å²) in [7, 11) is 0. The summed E-state index contributed by atoms with van der Waals surface area (Å²) in [5.74, 6) is 0.662. The molecule has 3 heteroatoms. The number of hydrogen-bond acceptors (Lipinski definition) is 2. The monoisotopic (exact) mass is 232 g/mol. The largest absolute Gasteiger partial charge is 0.226 e. The maximum atomic E-state index is 5.88. The Morgan fingerprint density at radius 3 is 2.81 bits per heavy atom. The summed E-state index contributed by atoms with van der Waals surface area (Å²) in [4.78, 5) is 8.40. The molecule has 0 atom stereocenters. The van der Waals surface area contributed by atoms with Crippen LogP contribution in [0.4, 0.5) is 0 Å². The van der Waals surface area contributed by atoms with Crippen molar-refractivity contribution in [2.24, 2.45) is 0 Å². The highest BCUT2D eigenvalue weighted by atomic mass is 35.5. The van der Waals surface area contributed by atoms with Crippen LogP contribution in [0.25, 0.3) is 10.9 Å². The van der Waals surface area contributed by atoms with Crippen molar-refractivity contribution < 1.29 is 0 Å². The van der Waals surface area contributed by atoms with Crippen LogP contribution in [0.1, 0.15) is 37.2 Å². The zero-order valence-electron chi connectivity index (χ0n) is 8.99. The summed E-state index contributed by atoms with van der Waals surface area (Å²) in [6, 6.07) is 6.32. The molecule has 1 aliphatic carbocycles. The molecule has 0 bridgehead atoms. The summed E-state index contributed by atoms with van der Waals surface area (Å²) in [5.41, 5.74) is 2.38. The van der Waals surface area contributed by atoms with Gasteiger partial charge in [0.15, 0.2) is 0 Å². The fraction of sp³-hybridized carbons (Fsp3) is 0.385. The van der Waals surface area contributed by atoms with Crippen molar-refractivity contribution in [2.75, 3.05) is 0 Å². The first-order valence-corrected chi connectivity index (χ1v) is 6.13. The lowest BCUT2D eigenvalue weighted by Crippen LogP contribution is -1.96. The minimum atomic E-state index is 0.345. The molecule has 0 saturated heterocycles. The van der Waals surface area contributed by atoms with Gasteiger partial charge in [0.25, 0.3) is 0 Å². The van der Waals surface area contributed by atoms with Gasteiger partial charge >= 0.3 is 0 Å². The summed E-state index contributed by atoms with van der Waals surface area (Å²) >= 11 is 5.88. The first kappa shape index (κ1) is 10.0. The van der Waals surface area contributed by atoms with Crippen molar-refractivity contribution in [3.8, 4) is 0 Å². The Labute approximate surface area is 99.7 Å². The third-order valence-electron chi connectivity index (χ3n) is 3.41. The Bertz CT molecular complexity index is 518. The highest BCUT2D eigenvalue weighted by Gasteiger charge is 2.19. The second-order valence-corrected chi connectivity index (χ2v) is 4.74. The quantitative estimate of drug-likeness (QED) is 0.696. The molecular weight excluding hydrogens is 220 g/mol. The molecule has 1 fully saturated rings. The van der Waals surface area contributed by atoms with Gasteiger partial charge in [-0.25, -0.2) is 9.97 Å². The summed E-state index contributed by atoms with van der Waals surface area (Å²) in [6.45, 7) is 0. The van der Waals surface area contributed by atoms with Crippen LogP contribution in [-0.2, 0) is 0 Å². The number of fused-ring (bicyclic) bond motifs is 1. The zero-order valence-corrected chi connectivity index (χ0v) is 9.74. The Balaban J connectivity index is 2.18. The van der Waals surface area contributed by atoms with Gasteiger partial charge in [0.2, 0.25) is 5.28 Å². The molecular formula is C13H13ClN2. The van der Waals surface area contributed by atoms with Crippen LogP contribution >= 0.6 is 11.6 Å². The van der Waals surface area contributed by atoms with E-state index in [1.165, 1.54) is 31.2 Å². The third-order valence-corrected chi connectivity index (χ3v) is 3.59. The molecule has 2 aromatic rings. The van der Waals surface area contributed by atoms with Crippen molar-refractivity contribution in [2.45, 2.75) is 31.6 Å². The molecule has 3 rings (SSSR count). The lowest BCUT2D eigenvalue weighted by atomic mass is 9.95. The number of nitrogens with zero attached hydrogens (tertiary/aromatic N) is 2. The molecule has 1 aromatic carbocycles. The van der Waals surface area contributed by atoms with E-state index in [0.29, 0.717) is 11.2 Å². The predicted molar refractivity (Wildman–Crippen MR) is 65.8 cm³/mol. The molecule has 2 nitrogen and oxygen atoms in total. The van der Waals surface area contributed by atoms with Crippen LogP contribution in [-0.4, -0.2) is 9.97 Å². The molecule has 1 heterocycles. The average molecular weight is 233 g/mol. The van der Waals surface area contributed by atoms with E-state index >= 15 is 0 Å². The molecule has 1 aromatic heterocycles. The van der Waals surface area contributed by atoms with Crippen LogP contribution < -0.4 is 0 Å². The molecule has 0 spiro atoms. The summed E-state index contributed by atoms with van der Waals surface area (Å²) in [5, 5.41) is 1.44. The van der Waals surface area contributed by atoms with Crippen molar-refractivity contribution in [1.82, 2.24) is 9.97 Å². The second kappa shape index (κ2) is 4.02. The number of aromatic nitrogens is 2. The van der Waals surface area contributed by atoms with E-state index in [1.54, 1.807) is 0 Å². The predicted octanol–water partition coefficient (Wildman–Crippen LogP) is 3.94. The number of hydrogen-bond donors (Lipinski definition) is 0. The maximum absolute atomic E-state index is 5.88. The SMILES string of the molecule is Clc1ncc2cccc(C3CCCC3)c2n1. The van der Waals surface area contributed by atoms with E-state index in [2.05, 4.69) is 22.1 Å². The minimum absolute atomic E-state index is 0.345. The van der Waals surface area contributed by atoms with Crippen LogP contribution in [0, 0.1) is 0 Å². The fourth-order valence-electron chi connectivity index (χ4n) is 2.62. The molecule has 0 N–H and O–H groups in total. The number of rotatable bonds is 1. The standard InChI is InChI=1S/C13H13ClN2/c14-13-15-8-10-6-3-7-11(12(10)16-13)9-4-1-2-5-9/h3,6-9H,1-2,4-5H2. The van der Waals surface area contributed by atoms with E-state index < -0.39 is 0 Å². The molecule has 82 valence electrons. The maximum Gasteiger partial charge on any atom is 0.222 e. The van der Waals surface area contributed by atoms with E-state index in [-0.39, 0.29) is 0 Å². The second-order valence-electron chi connectivity index (χ2n) is 4.41. The van der Waals surface area contributed by atoms with Gasteiger partial charge in [-0.05, 0) is 35.9 Å². The normalized spacial score (nSPS) is 17.1. The van der Waals surface area contributed by atoms with Gasteiger partial charge in [0.1, 0.15) is 0 Å². The van der Waals surface area contributed by atoms with Crippen LogP contribution in [0.15, 0.2) is 24.4 Å². The molecule has 1 aliphatic rings. The fourth-order valence-corrected chi connectivity index (χ4v) is 2.76. The lowest BCUT2D eigenvalue weighted by molar-refractivity contribution is 0.727. The van der Waals surface area contributed by atoms with Crippen molar-refractivity contribution in [1.29, 1.82) is 0 Å². The highest BCUT2D eigenvalue weighted by Crippen LogP contribution is 2.36.